The first-order valence-electron chi connectivity index (χ1n) is 10.9. The van der Waals surface area contributed by atoms with E-state index in [0.717, 1.165) is 24.0 Å². The average molecular weight is 453 g/mol. The van der Waals surface area contributed by atoms with Crippen LogP contribution in [-0.4, -0.2) is 13.1 Å². The lowest BCUT2D eigenvalue weighted by atomic mass is 9.71. The Kier molecular flexibility index (Phi) is 4.50. The second kappa shape index (κ2) is 6.75. The Bertz CT molecular complexity index is 1240. The van der Waals surface area contributed by atoms with Crippen LogP contribution in [0.2, 0.25) is 0 Å². The van der Waals surface area contributed by atoms with E-state index in [1.165, 1.54) is 12.1 Å². The number of alkyl halides is 6. The van der Waals surface area contributed by atoms with E-state index in [-0.39, 0.29) is 10.8 Å². The second-order valence-corrected chi connectivity index (χ2v) is 8.87. The SMILES string of the molecule is CCC1(CC)CCN2CC[n+]3c2c2c1cc(C(F)(F)F)cc2c1cc(C(F)(F)F)ccc13. The molecule has 0 N–H and O–H groups in total. The predicted molar refractivity (Wildman–Crippen MR) is 111 cm³/mol. The number of aromatic nitrogens is 1. The van der Waals surface area contributed by atoms with E-state index in [2.05, 4.69) is 4.90 Å². The molecule has 0 bridgehead atoms. The number of hydrogen-bond acceptors (Lipinski definition) is 1. The first kappa shape index (κ1) is 21.3. The molecule has 8 heteroatoms. The highest BCUT2D eigenvalue weighted by Crippen LogP contribution is 2.49. The fraction of sp³-hybridized carbons (Fsp3) is 0.458. The molecular weight excluding hydrogens is 430 g/mol. The maximum absolute atomic E-state index is 14.0. The summed E-state index contributed by atoms with van der Waals surface area (Å²) >= 11 is 0. The Labute approximate surface area is 181 Å². The number of nitrogens with zero attached hydrogens (tertiary/aromatic N) is 2. The van der Waals surface area contributed by atoms with E-state index in [1.807, 2.05) is 18.4 Å². The monoisotopic (exact) mass is 453 g/mol. The van der Waals surface area contributed by atoms with Crippen LogP contribution in [0.1, 0.15) is 49.8 Å². The van der Waals surface area contributed by atoms with E-state index in [0.29, 0.717) is 55.4 Å². The number of fused-ring (bicyclic) bond motifs is 3. The lowest BCUT2D eigenvalue weighted by Crippen LogP contribution is -2.33. The van der Waals surface area contributed by atoms with Crippen LogP contribution in [0.5, 0.6) is 0 Å². The fourth-order valence-corrected chi connectivity index (χ4v) is 5.66. The molecule has 0 spiro atoms. The summed E-state index contributed by atoms with van der Waals surface area (Å²) < 4.78 is 84.4. The third-order valence-corrected chi connectivity index (χ3v) is 7.53. The highest BCUT2D eigenvalue weighted by Gasteiger charge is 2.44. The number of benzene rings is 2. The molecule has 2 nitrogen and oxygen atoms in total. The minimum Gasteiger partial charge on any atom is -0.257 e. The van der Waals surface area contributed by atoms with E-state index in [1.54, 1.807) is 0 Å². The maximum atomic E-state index is 14.0. The molecule has 3 heterocycles. The molecule has 1 aromatic heterocycles. The Balaban J connectivity index is 2.02. The quantitative estimate of drug-likeness (QED) is 0.241. The molecule has 0 amide bonds. The van der Waals surface area contributed by atoms with Crippen molar-refractivity contribution in [3.63, 3.8) is 0 Å². The van der Waals surface area contributed by atoms with Crippen molar-refractivity contribution in [3.05, 3.63) is 47.0 Å². The first-order valence-corrected chi connectivity index (χ1v) is 10.9. The summed E-state index contributed by atoms with van der Waals surface area (Å²) in [5, 5.41) is 1.14. The summed E-state index contributed by atoms with van der Waals surface area (Å²) in [7, 11) is 0. The van der Waals surface area contributed by atoms with Crippen molar-refractivity contribution in [2.24, 2.45) is 0 Å². The van der Waals surface area contributed by atoms with Gasteiger partial charge in [-0.3, -0.25) is 4.90 Å². The molecule has 0 fully saturated rings. The smallest absolute Gasteiger partial charge is 0.257 e. The minimum atomic E-state index is -4.59. The molecule has 170 valence electrons. The molecule has 3 aromatic rings. The van der Waals surface area contributed by atoms with Gasteiger partial charge in [0.1, 0.15) is 18.6 Å². The molecule has 2 aliphatic rings. The van der Waals surface area contributed by atoms with E-state index >= 15 is 0 Å². The van der Waals surface area contributed by atoms with Gasteiger partial charge in [-0.25, -0.2) is 4.57 Å². The minimum absolute atomic E-state index is 0.218. The average Bonchev–Trinajstić information content (AvgIpc) is 3.11. The number of pyridine rings is 1. The van der Waals surface area contributed by atoms with Gasteiger partial charge in [0.25, 0.3) is 5.82 Å². The van der Waals surface area contributed by atoms with Gasteiger partial charge in [0.15, 0.2) is 0 Å². The van der Waals surface area contributed by atoms with Crippen LogP contribution in [0.4, 0.5) is 32.2 Å². The molecule has 5 rings (SSSR count). The van der Waals surface area contributed by atoms with Crippen LogP contribution in [0, 0.1) is 0 Å². The van der Waals surface area contributed by atoms with Gasteiger partial charge in [0, 0.05) is 10.8 Å². The van der Waals surface area contributed by atoms with Crippen LogP contribution in [0.25, 0.3) is 21.7 Å². The Hall–Kier alpha value is -2.51. The van der Waals surface area contributed by atoms with Gasteiger partial charge in [-0.1, -0.05) is 13.8 Å². The van der Waals surface area contributed by atoms with Gasteiger partial charge in [-0.15, -0.1) is 0 Å². The summed E-state index contributed by atoms with van der Waals surface area (Å²) in [6.07, 6.45) is -7.15. The molecule has 0 saturated heterocycles. The summed E-state index contributed by atoms with van der Waals surface area (Å²) in [5.74, 6) is 0.833. The van der Waals surface area contributed by atoms with Crippen LogP contribution in [0.15, 0.2) is 30.3 Å². The third-order valence-electron chi connectivity index (χ3n) is 7.53. The van der Waals surface area contributed by atoms with Crippen molar-refractivity contribution in [1.29, 1.82) is 0 Å². The molecular formula is C24H23F6N2+. The van der Waals surface area contributed by atoms with Gasteiger partial charge in [0.2, 0.25) is 0 Å². The van der Waals surface area contributed by atoms with Crippen LogP contribution in [-0.2, 0) is 24.3 Å². The topological polar surface area (TPSA) is 7.12 Å². The Morgan fingerprint density at radius 2 is 1.53 bits per heavy atom. The molecule has 0 aliphatic carbocycles. The van der Waals surface area contributed by atoms with E-state index in [4.69, 9.17) is 0 Å². The summed E-state index contributed by atoms with van der Waals surface area (Å²) in [5.41, 5.74) is -0.976. The number of anilines is 1. The van der Waals surface area contributed by atoms with Crippen molar-refractivity contribution in [2.75, 3.05) is 18.0 Å². The zero-order valence-electron chi connectivity index (χ0n) is 17.8. The Morgan fingerprint density at radius 1 is 0.875 bits per heavy atom. The molecule has 0 atom stereocenters. The Morgan fingerprint density at radius 3 is 2.16 bits per heavy atom. The van der Waals surface area contributed by atoms with Gasteiger partial charge in [-0.2, -0.15) is 26.3 Å². The zero-order valence-corrected chi connectivity index (χ0v) is 17.8. The summed E-state index contributed by atoms with van der Waals surface area (Å²) in [6.45, 7) is 5.96. The first-order chi connectivity index (χ1) is 15.0. The van der Waals surface area contributed by atoms with Crippen molar-refractivity contribution in [1.82, 2.24) is 0 Å². The molecule has 2 aromatic carbocycles. The third kappa shape index (κ3) is 2.90. The van der Waals surface area contributed by atoms with Crippen molar-refractivity contribution < 1.29 is 30.9 Å². The zero-order chi connectivity index (χ0) is 23.1. The van der Waals surface area contributed by atoms with E-state index in [9.17, 15) is 26.3 Å². The standard InChI is InChI=1S/C24H23F6N2/c1-3-22(4-2)7-8-31-9-10-32-19-6-5-14(23(25,26)27)11-16(19)17-12-15(24(28,29)30)13-18(22)20(17)21(31)32/h5-6,11-13H,3-4,7-10H2,1-2H3/q+1. The molecule has 0 saturated carbocycles. The van der Waals surface area contributed by atoms with E-state index < -0.39 is 28.9 Å². The molecule has 0 unspecified atom stereocenters. The molecule has 32 heavy (non-hydrogen) atoms. The highest BCUT2D eigenvalue weighted by atomic mass is 19.4. The van der Waals surface area contributed by atoms with Gasteiger partial charge in [0.05, 0.1) is 23.1 Å². The number of hydrogen-bond donors (Lipinski definition) is 0. The van der Waals surface area contributed by atoms with Crippen LogP contribution in [0.3, 0.4) is 0 Å². The fourth-order valence-electron chi connectivity index (χ4n) is 5.66. The number of rotatable bonds is 2. The lowest BCUT2D eigenvalue weighted by molar-refractivity contribution is -0.643. The van der Waals surface area contributed by atoms with Crippen molar-refractivity contribution >= 4 is 27.5 Å². The van der Waals surface area contributed by atoms with Crippen LogP contribution >= 0.6 is 0 Å². The van der Waals surface area contributed by atoms with Crippen molar-refractivity contribution in [2.45, 2.75) is 57.4 Å². The van der Waals surface area contributed by atoms with Crippen molar-refractivity contribution in [3.8, 4) is 0 Å². The van der Waals surface area contributed by atoms with Gasteiger partial charge >= 0.3 is 12.4 Å². The van der Waals surface area contributed by atoms with Crippen LogP contribution < -0.4 is 9.47 Å². The van der Waals surface area contributed by atoms with Gasteiger partial charge in [-0.05, 0) is 60.6 Å². The van der Waals surface area contributed by atoms with Gasteiger partial charge < -0.3 is 0 Å². The normalized spacial score (nSPS) is 17.9. The lowest BCUT2D eigenvalue weighted by Gasteiger charge is -2.32. The molecule has 2 aliphatic heterocycles. The summed E-state index contributed by atoms with van der Waals surface area (Å²) in [6, 6.07) is 5.71. The summed E-state index contributed by atoms with van der Waals surface area (Å²) in [4.78, 5) is 2.18. The number of halogens is 6. The maximum Gasteiger partial charge on any atom is 0.416 e. The highest BCUT2D eigenvalue weighted by molar-refractivity contribution is 6.10. The second-order valence-electron chi connectivity index (χ2n) is 8.87. The predicted octanol–water partition coefficient (Wildman–Crippen LogP) is 6.60. The molecule has 0 radical (unpaired) electrons. The largest absolute Gasteiger partial charge is 0.416 e.